The molecule has 0 spiro atoms. The summed E-state index contributed by atoms with van der Waals surface area (Å²) in [5.41, 5.74) is 1.14. The van der Waals surface area contributed by atoms with Crippen molar-refractivity contribution in [2.24, 2.45) is 17.8 Å². The van der Waals surface area contributed by atoms with E-state index < -0.39 is 17.9 Å². The van der Waals surface area contributed by atoms with Crippen molar-refractivity contribution in [1.29, 1.82) is 0 Å². The lowest BCUT2D eigenvalue weighted by Crippen LogP contribution is -2.47. The van der Waals surface area contributed by atoms with Crippen LogP contribution in [0.2, 0.25) is 0 Å². The van der Waals surface area contributed by atoms with Crippen molar-refractivity contribution in [2.45, 2.75) is 70.9 Å². The van der Waals surface area contributed by atoms with Crippen LogP contribution in [0.3, 0.4) is 0 Å². The van der Waals surface area contributed by atoms with Gasteiger partial charge in [0.2, 0.25) is 5.91 Å². The predicted molar refractivity (Wildman–Crippen MR) is 113 cm³/mol. The van der Waals surface area contributed by atoms with Crippen molar-refractivity contribution in [3.8, 4) is 0 Å². The Hall–Kier alpha value is -2.37. The number of hydrogen-bond acceptors (Lipinski definition) is 4. The van der Waals surface area contributed by atoms with Crippen LogP contribution in [0.1, 0.15) is 57.9 Å². The molecular formula is C24H33NO5. The number of ether oxygens (including phenoxy) is 1. The second-order valence-corrected chi connectivity index (χ2v) is 8.70. The Kier molecular flexibility index (Phi) is 7.51. The first kappa shape index (κ1) is 22.3. The molecule has 3 rings (SSSR count). The number of benzene rings is 1. The Morgan fingerprint density at radius 2 is 1.93 bits per heavy atom. The maximum Gasteiger partial charge on any atom is 0.326 e. The fourth-order valence-corrected chi connectivity index (χ4v) is 5.19. The number of carboxylic acids is 1. The molecule has 5 atom stereocenters. The monoisotopic (exact) mass is 415 g/mol. The first-order chi connectivity index (χ1) is 14.4. The van der Waals surface area contributed by atoms with Crippen molar-refractivity contribution in [1.82, 2.24) is 4.90 Å². The minimum absolute atomic E-state index is 0.0337. The lowest BCUT2D eigenvalue weighted by Gasteiger charge is -2.31. The number of esters is 1. The zero-order chi connectivity index (χ0) is 21.7. The topological polar surface area (TPSA) is 83.9 Å². The molecule has 0 bridgehead atoms. The molecule has 1 aliphatic carbocycles. The fraction of sp³-hybridized carbons (Fsp3) is 0.625. The van der Waals surface area contributed by atoms with Gasteiger partial charge in [-0.1, -0.05) is 43.7 Å². The van der Waals surface area contributed by atoms with Crippen LogP contribution in [-0.2, 0) is 25.5 Å². The standard InChI is InChI=1S/C24H33NO5/c1-3-30-24(29)19(13-12-17-8-5-4-6-9-17)14-16(2)22(26)25-20-11-7-10-18(20)15-21(25)23(27)28/h4-6,8-9,16,18-21H,3,7,10-15H2,1-2H3,(H,27,28)/t16-,18?,19-,20?,21+/m1/s1. The number of aliphatic carboxylic acids is 1. The molecule has 164 valence electrons. The molecule has 0 aromatic heterocycles. The third kappa shape index (κ3) is 5.02. The Morgan fingerprint density at radius 3 is 2.60 bits per heavy atom. The van der Waals surface area contributed by atoms with Gasteiger partial charge in [-0.05, 0) is 56.9 Å². The number of carbonyl (C=O) groups is 3. The van der Waals surface area contributed by atoms with Gasteiger partial charge in [0.05, 0.1) is 12.5 Å². The van der Waals surface area contributed by atoms with E-state index in [1.54, 1.807) is 11.8 Å². The van der Waals surface area contributed by atoms with E-state index in [0.29, 0.717) is 31.8 Å². The summed E-state index contributed by atoms with van der Waals surface area (Å²) in [5, 5.41) is 9.65. The predicted octanol–water partition coefficient (Wildman–Crippen LogP) is 3.68. The molecule has 1 saturated heterocycles. The van der Waals surface area contributed by atoms with Crippen molar-refractivity contribution < 1.29 is 24.2 Å². The van der Waals surface area contributed by atoms with E-state index in [1.165, 1.54) is 0 Å². The van der Waals surface area contributed by atoms with Gasteiger partial charge in [0.15, 0.2) is 0 Å². The third-order valence-electron chi connectivity index (χ3n) is 6.68. The smallest absolute Gasteiger partial charge is 0.326 e. The Labute approximate surface area is 178 Å². The lowest BCUT2D eigenvalue weighted by atomic mass is 9.89. The average molecular weight is 416 g/mol. The van der Waals surface area contributed by atoms with Crippen molar-refractivity contribution >= 4 is 17.8 Å². The minimum atomic E-state index is -0.920. The Balaban J connectivity index is 1.68. The van der Waals surface area contributed by atoms with Crippen LogP contribution < -0.4 is 0 Å². The zero-order valence-electron chi connectivity index (χ0n) is 18.0. The van der Waals surface area contributed by atoms with E-state index in [1.807, 2.05) is 37.3 Å². The molecule has 2 aliphatic rings. The number of nitrogens with zero attached hydrogens (tertiary/aromatic N) is 1. The number of fused-ring (bicyclic) bond motifs is 1. The Morgan fingerprint density at radius 1 is 1.20 bits per heavy atom. The summed E-state index contributed by atoms with van der Waals surface area (Å²) in [6, 6.07) is 9.25. The van der Waals surface area contributed by atoms with Gasteiger partial charge < -0.3 is 14.7 Å². The van der Waals surface area contributed by atoms with E-state index in [0.717, 1.165) is 31.2 Å². The quantitative estimate of drug-likeness (QED) is 0.622. The van der Waals surface area contributed by atoms with E-state index in [9.17, 15) is 19.5 Å². The molecule has 1 saturated carbocycles. The number of carbonyl (C=O) groups excluding carboxylic acids is 2. The molecule has 1 amide bonds. The number of amides is 1. The van der Waals surface area contributed by atoms with Crippen LogP contribution in [0, 0.1) is 17.8 Å². The molecule has 1 aromatic carbocycles. The van der Waals surface area contributed by atoms with Gasteiger partial charge in [-0.3, -0.25) is 9.59 Å². The average Bonchev–Trinajstić information content (AvgIpc) is 3.32. The van der Waals surface area contributed by atoms with Gasteiger partial charge in [-0.2, -0.15) is 0 Å². The normalized spacial score (nSPS) is 24.9. The van der Waals surface area contributed by atoms with Crippen LogP contribution in [0.15, 0.2) is 30.3 Å². The molecule has 1 aliphatic heterocycles. The first-order valence-electron chi connectivity index (χ1n) is 11.2. The second kappa shape index (κ2) is 10.1. The molecular weight excluding hydrogens is 382 g/mol. The van der Waals surface area contributed by atoms with Gasteiger partial charge in [-0.15, -0.1) is 0 Å². The summed E-state index contributed by atoms with van der Waals surface area (Å²) < 4.78 is 5.27. The highest BCUT2D eigenvalue weighted by Crippen LogP contribution is 2.42. The molecule has 6 heteroatoms. The van der Waals surface area contributed by atoms with Crippen LogP contribution in [0.4, 0.5) is 0 Å². The summed E-state index contributed by atoms with van der Waals surface area (Å²) in [6.45, 7) is 3.90. The number of likely N-dealkylation sites (tertiary alicyclic amines) is 1. The molecule has 1 N–H and O–H groups in total. The van der Waals surface area contributed by atoms with Gasteiger partial charge in [0.1, 0.15) is 6.04 Å². The fourth-order valence-electron chi connectivity index (χ4n) is 5.19. The third-order valence-corrected chi connectivity index (χ3v) is 6.68. The van der Waals surface area contributed by atoms with Gasteiger partial charge >= 0.3 is 11.9 Å². The van der Waals surface area contributed by atoms with Gasteiger partial charge in [0.25, 0.3) is 0 Å². The van der Waals surface area contributed by atoms with Crippen molar-refractivity contribution in [2.75, 3.05) is 6.61 Å². The number of carboxylic acid groups (broad SMARTS) is 1. The SMILES string of the molecule is CCOC(=O)[C@H](CCc1ccccc1)C[C@@H](C)C(=O)N1C2CCCC2C[C@H]1C(=O)O. The van der Waals surface area contributed by atoms with Gasteiger partial charge in [0, 0.05) is 12.0 Å². The maximum absolute atomic E-state index is 13.3. The highest BCUT2D eigenvalue weighted by molar-refractivity contribution is 5.86. The van der Waals surface area contributed by atoms with E-state index >= 15 is 0 Å². The summed E-state index contributed by atoms with van der Waals surface area (Å²) in [6.07, 6.45) is 5.19. The summed E-state index contributed by atoms with van der Waals surface area (Å²) in [7, 11) is 0. The van der Waals surface area contributed by atoms with Crippen LogP contribution in [0.5, 0.6) is 0 Å². The summed E-state index contributed by atoms with van der Waals surface area (Å²) in [5.74, 6) is -1.84. The molecule has 6 nitrogen and oxygen atoms in total. The molecule has 1 heterocycles. The highest BCUT2D eigenvalue weighted by Gasteiger charge is 2.49. The number of hydrogen-bond donors (Lipinski definition) is 1. The number of aryl methyl sites for hydroxylation is 1. The molecule has 30 heavy (non-hydrogen) atoms. The first-order valence-corrected chi connectivity index (χ1v) is 11.2. The maximum atomic E-state index is 13.3. The lowest BCUT2D eigenvalue weighted by molar-refractivity contribution is -0.153. The van der Waals surface area contributed by atoms with Crippen molar-refractivity contribution in [3.05, 3.63) is 35.9 Å². The summed E-state index contributed by atoms with van der Waals surface area (Å²) >= 11 is 0. The number of rotatable bonds is 9. The minimum Gasteiger partial charge on any atom is -0.480 e. The van der Waals surface area contributed by atoms with E-state index in [4.69, 9.17) is 4.74 Å². The van der Waals surface area contributed by atoms with Crippen LogP contribution in [-0.4, -0.2) is 46.5 Å². The second-order valence-electron chi connectivity index (χ2n) is 8.70. The van der Waals surface area contributed by atoms with Gasteiger partial charge in [-0.25, -0.2) is 4.79 Å². The molecule has 0 radical (unpaired) electrons. The Bertz CT molecular complexity index is 749. The van der Waals surface area contributed by atoms with Crippen LogP contribution >= 0.6 is 0 Å². The van der Waals surface area contributed by atoms with E-state index in [-0.39, 0.29) is 23.8 Å². The molecule has 1 aromatic rings. The zero-order valence-corrected chi connectivity index (χ0v) is 18.0. The van der Waals surface area contributed by atoms with E-state index in [2.05, 4.69) is 0 Å². The summed E-state index contributed by atoms with van der Waals surface area (Å²) in [4.78, 5) is 39.3. The molecule has 2 fully saturated rings. The molecule has 2 unspecified atom stereocenters. The van der Waals surface area contributed by atoms with Crippen molar-refractivity contribution in [3.63, 3.8) is 0 Å². The largest absolute Gasteiger partial charge is 0.480 e. The highest BCUT2D eigenvalue weighted by atomic mass is 16.5. The van der Waals surface area contributed by atoms with Crippen LogP contribution in [0.25, 0.3) is 0 Å².